The molecule has 2 fully saturated rings. The Morgan fingerprint density at radius 2 is 1.80 bits per heavy atom. The van der Waals surface area contributed by atoms with E-state index in [0.29, 0.717) is 5.56 Å². The number of carboxylic acids is 1. The SMILES string of the molecule is CNC(=O)NCC(N)C(=O)NC(C(=O)N[C@@H]1C(=O)N2[C@@H]1SC(C)(C)[C@@H]2C(=O)O)c1ccc(O)cc1. The highest BCUT2D eigenvalue weighted by Crippen LogP contribution is 2.50. The van der Waals surface area contributed by atoms with E-state index < -0.39 is 64.0 Å². The van der Waals surface area contributed by atoms with Crippen molar-refractivity contribution in [3.05, 3.63) is 29.8 Å². The summed E-state index contributed by atoms with van der Waals surface area (Å²) in [6.45, 7) is 3.24. The number of benzene rings is 1. The van der Waals surface area contributed by atoms with Gasteiger partial charge in [0.15, 0.2) is 0 Å². The minimum absolute atomic E-state index is 0.0557. The number of aliphatic carboxylic acids is 1. The number of nitrogens with one attached hydrogen (secondary N) is 4. The monoisotopic (exact) mass is 508 g/mol. The van der Waals surface area contributed by atoms with E-state index in [1.807, 2.05) is 0 Å². The molecule has 8 N–H and O–H groups in total. The first-order valence-corrected chi connectivity index (χ1v) is 11.6. The minimum atomic E-state index is -1.27. The Bertz CT molecular complexity index is 1030. The van der Waals surface area contributed by atoms with Gasteiger partial charge in [0.1, 0.15) is 35.3 Å². The Morgan fingerprint density at radius 3 is 2.37 bits per heavy atom. The van der Waals surface area contributed by atoms with Crippen LogP contribution in [0.1, 0.15) is 25.5 Å². The molecule has 0 radical (unpaired) electrons. The molecule has 0 bridgehead atoms. The Labute approximate surface area is 205 Å². The molecule has 14 heteroatoms. The van der Waals surface area contributed by atoms with Gasteiger partial charge < -0.3 is 42.1 Å². The molecule has 0 aromatic heterocycles. The lowest BCUT2D eigenvalue weighted by molar-refractivity contribution is -0.161. The third-order valence-electron chi connectivity index (χ3n) is 5.79. The topological polar surface area (TPSA) is 203 Å². The number of rotatable bonds is 8. The van der Waals surface area contributed by atoms with Crippen molar-refractivity contribution in [3.8, 4) is 5.75 Å². The smallest absolute Gasteiger partial charge is 0.327 e. The summed E-state index contributed by atoms with van der Waals surface area (Å²) >= 11 is 1.27. The summed E-state index contributed by atoms with van der Waals surface area (Å²) in [4.78, 5) is 62.9. The Balaban J connectivity index is 1.75. The number of phenols is 1. The molecule has 2 heterocycles. The summed E-state index contributed by atoms with van der Waals surface area (Å²) in [6, 6.07) is 0.524. The number of fused-ring (bicyclic) bond motifs is 1. The molecule has 35 heavy (non-hydrogen) atoms. The van der Waals surface area contributed by atoms with Crippen molar-refractivity contribution >= 4 is 41.5 Å². The third-order valence-corrected chi connectivity index (χ3v) is 7.37. The number of urea groups is 1. The molecule has 2 aliphatic rings. The zero-order valence-electron chi connectivity index (χ0n) is 19.3. The summed E-state index contributed by atoms with van der Waals surface area (Å²) in [5.41, 5.74) is 6.14. The summed E-state index contributed by atoms with van der Waals surface area (Å²) < 4.78 is -0.763. The van der Waals surface area contributed by atoms with E-state index >= 15 is 0 Å². The number of β-lactam (4-membered cyclic amide) rings is 1. The van der Waals surface area contributed by atoms with Crippen LogP contribution < -0.4 is 27.0 Å². The van der Waals surface area contributed by atoms with Gasteiger partial charge in [-0.25, -0.2) is 9.59 Å². The molecule has 1 aromatic rings. The van der Waals surface area contributed by atoms with Crippen LogP contribution in [-0.4, -0.2) is 86.7 Å². The standard InChI is InChI=1S/C21H28N6O7S/c1-21(2)14(19(32)33)27-17(31)13(18(27)35-21)26-16(30)12(9-4-6-10(28)7-5-9)25-15(29)11(22)8-24-20(34)23-3/h4-7,11-14,18,28H,8,22H2,1-3H3,(H,25,29)(H,26,30)(H,32,33)(H2,23,24,34)/t11?,12?,13-,14+,18-/m1/s1. The quantitative estimate of drug-likeness (QED) is 0.203. The van der Waals surface area contributed by atoms with Crippen LogP contribution in [-0.2, 0) is 19.2 Å². The van der Waals surface area contributed by atoms with Crippen molar-refractivity contribution in [2.24, 2.45) is 5.73 Å². The normalized spacial score (nSPS) is 23.8. The number of aromatic hydroxyl groups is 1. The number of nitrogens with two attached hydrogens (primary N) is 1. The summed E-state index contributed by atoms with van der Waals surface area (Å²) in [6.07, 6.45) is 0. The van der Waals surface area contributed by atoms with Crippen molar-refractivity contribution < 1.29 is 34.2 Å². The summed E-state index contributed by atoms with van der Waals surface area (Å²) in [7, 11) is 1.40. The van der Waals surface area contributed by atoms with E-state index in [2.05, 4.69) is 21.3 Å². The van der Waals surface area contributed by atoms with Crippen LogP contribution in [0.5, 0.6) is 5.75 Å². The van der Waals surface area contributed by atoms with Crippen LogP contribution in [0.4, 0.5) is 4.79 Å². The fourth-order valence-corrected chi connectivity index (χ4v) is 5.61. The fourth-order valence-electron chi connectivity index (χ4n) is 3.98. The molecule has 2 saturated heterocycles. The first kappa shape index (κ1) is 26.1. The maximum atomic E-state index is 13.2. The average Bonchev–Trinajstić information content (AvgIpc) is 3.07. The van der Waals surface area contributed by atoms with Crippen molar-refractivity contribution in [2.75, 3.05) is 13.6 Å². The van der Waals surface area contributed by atoms with Crippen molar-refractivity contribution in [1.82, 2.24) is 26.2 Å². The largest absolute Gasteiger partial charge is 0.508 e. The maximum absolute atomic E-state index is 13.2. The van der Waals surface area contributed by atoms with Crippen LogP contribution >= 0.6 is 11.8 Å². The number of nitrogens with zero attached hydrogens (tertiary/aromatic N) is 1. The van der Waals surface area contributed by atoms with Crippen molar-refractivity contribution in [1.29, 1.82) is 0 Å². The van der Waals surface area contributed by atoms with Gasteiger partial charge in [-0.1, -0.05) is 12.1 Å². The molecule has 2 aliphatic heterocycles. The van der Waals surface area contributed by atoms with Crippen molar-refractivity contribution in [3.63, 3.8) is 0 Å². The highest BCUT2D eigenvalue weighted by Gasteiger charge is 2.64. The Kier molecular flexibility index (Phi) is 7.45. The molecule has 190 valence electrons. The predicted molar refractivity (Wildman–Crippen MR) is 125 cm³/mol. The number of carboxylic acid groups (broad SMARTS) is 1. The predicted octanol–water partition coefficient (Wildman–Crippen LogP) is -1.56. The third kappa shape index (κ3) is 5.27. The fraction of sp³-hybridized carbons (Fsp3) is 0.476. The molecule has 5 amide bonds. The van der Waals surface area contributed by atoms with Crippen LogP contribution in [0, 0.1) is 0 Å². The van der Waals surface area contributed by atoms with E-state index in [1.165, 1.54) is 48.0 Å². The van der Waals surface area contributed by atoms with E-state index in [-0.39, 0.29) is 12.3 Å². The zero-order chi connectivity index (χ0) is 26.1. The summed E-state index contributed by atoms with van der Waals surface area (Å²) in [5, 5.41) is 28.4. The average molecular weight is 509 g/mol. The number of carbonyl (C=O) groups is 5. The molecule has 5 atom stereocenters. The Hall–Kier alpha value is -3.52. The number of phenolic OH excluding ortho intramolecular Hbond substituents is 1. The van der Waals surface area contributed by atoms with E-state index in [4.69, 9.17) is 5.73 Å². The first-order valence-electron chi connectivity index (χ1n) is 10.7. The van der Waals surface area contributed by atoms with Crippen LogP contribution in [0.3, 0.4) is 0 Å². The lowest BCUT2D eigenvalue weighted by Crippen LogP contribution is -2.71. The number of amides is 5. The molecule has 0 saturated carbocycles. The van der Waals surface area contributed by atoms with Gasteiger partial charge in [-0.2, -0.15) is 0 Å². The second-order valence-electron chi connectivity index (χ2n) is 8.68. The number of thioether (sulfide) groups is 1. The van der Waals surface area contributed by atoms with Gasteiger partial charge in [-0.15, -0.1) is 11.8 Å². The van der Waals surface area contributed by atoms with Crippen LogP contribution in [0.15, 0.2) is 24.3 Å². The zero-order valence-corrected chi connectivity index (χ0v) is 20.1. The first-order chi connectivity index (χ1) is 16.4. The number of hydrogen-bond acceptors (Lipinski definition) is 8. The molecule has 1 aromatic carbocycles. The summed E-state index contributed by atoms with van der Waals surface area (Å²) in [5.74, 6) is -3.17. The molecule has 0 spiro atoms. The highest BCUT2D eigenvalue weighted by molar-refractivity contribution is 8.01. The lowest BCUT2D eigenvalue weighted by Gasteiger charge is -2.44. The molecule has 13 nitrogen and oxygen atoms in total. The van der Waals surface area contributed by atoms with Gasteiger partial charge in [-0.05, 0) is 31.5 Å². The van der Waals surface area contributed by atoms with Gasteiger partial charge in [0.25, 0.3) is 0 Å². The van der Waals surface area contributed by atoms with Gasteiger partial charge in [0.2, 0.25) is 17.7 Å². The lowest BCUT2D eigenvalue weighted by atomic mass is 9.95. The van der Waals surface area contributed by atoms with Crippen molar-refractivity contribution in [2.45, 2.75) is 48.1 Å². The van der Waals surface area contributed by atoms with E-state index in [1.54, 1.807) is 13.8 Å². The van der Waals surface area contributed by atoms with Crippen LogP contribution in [0.25, 0.3) is 0 Å². The maximum Gasteiger partial charge on any atom is 0.327 e. The van der Waals surface area contributed by atoms with Gasteiger partial charge in [0, 0.05) is 18.3 Å². The molecule has 2 unspecified atom stereocenters. The molecule has 3 rings (SSSR count). The van der Waals surface area contributed by atoms with E-state index in [9.17, 15) is 34.2 Å². The number of hydrogen-bond donors (Lipinski definition) is 7. The van der Waals surface area contributed by atoms with Crippen LogP contribution in [0.2, 0.25) is 0 Å². The second-order valence-corrected chi connectivity index (χ2v) is 10.5. The van der Waals surface area contributed by atoms with Gasteiger partial charge >= 0.3 is 12.0 Å². The number of carbonyl (C=O) groups excluding carboxylic acids is 4. The molecule has 0 aliphatic carbocycles. The molecular formula is C21H28N6O7S. The molecular weight excluding hydrogens is 480 g/mol. The second kappa shape index (κ2) is 10.00. The minimum Gasteiger partial charge on any atom is -0.508 e. The van der Waals surface area contributed by atoms with Gasteiger partial charge in [0.05, 0.1) is 0 Å². The van der Waals surface area contributed by atoms with Gasteiger partial charge in [-0.3, -0.25) is 14.4 Å². The van der Waals surface area contributed by atoms with E-state index in [0.717, 1.165) is 0 Å². The Morgan fingerprint density at radius 1 is 1.17 bits per heavy atom. The highest BCUT2D eigenvalue weighted by atomic mass is 32.2.